The summed E-state index contributed by atoms with van der Waals surface area (Å²) in [7, 11) is 0. The highest BCUT2D eigenvalue weighted by atomic mass is 32.2. The van der Waals surface area contributed by atoms with Crippen LogP contribution in [0, 0.1) is 0 Å². The van der Waals surface area contributed by atoms with E-state index in [9.17, 15) is 19.5 Å². The minimum atomic E-state index is -0.619. The molecule has 5 N–H and O–H groups in total. The van der Waals surface area contributed by atoms with Gasteiger partial charge in [0.1, 0.15) is 0 Å². The molecular formula is C32H37N3O7S. The molecule has 0 unspecified atom stereocenters. The van der Waals surface area contributed by atoms with Gasteiger partial charge < -0.3 is 25.2 Å². The van der Waals surface area contributed by atoms with Gasteiger partial charge in [-0.25, -0.2) is 5.48 Å². The zero-order valence-corrected chi connectivity index (χ0v) is 24.8. The summed E-state index contributed by atoms with van der Waals surface area (Å²) in [6.45, 7) is 1.45. The second-order valence-electron chi connectivity index (χ2n) is 10.3. The number of carbonyl (C=O) groups excluding carboxylic acids is 3. The lowest BCUT2D eigenvalue weighted by molar-refractivity contribution is -0.245. The number of aliphatic hydroxyl groups is 1. The Bertz CT molecular complexity index is 1350. The van der Waals surface area contributed by atoms with Crippen molar-refractivity contribution < 1.29 is 34.2 Å². The van der Waals surface area contributed by atoms with E-state index in [1.165, 1.54) is 6.92 Å². The first kappa shape index (κ1) is 32.2. The lowest BCUT2D eigenvalue weighted by atomic mass is 10.0. The van der Waals surface area contributed by atoms with Gasteiger partial charge in [-0.15, -0.1) is 11.8 Å². The summed E-state index contributed by atoms with van der Waals surface area (Å²) in [6, 6.07) is 22.8. The molecule has 0 bridgehead atoms. The van der Waals surface area contributed by atoms with Crippen molar-refractivity contribution in [1.82, 2.24) is 5.48 Å². The molecule has 0 spiro atoms. The lowest BCUT2D eigenvalue weighted by Gasteiger charge is -2.36. The van der Waals surface area contributed by atoms with Crippen LogP contribution >= 0.6 is 11.8 Å². The van der Waals surface area contributed by atoms with Gasteiger partial charge >= 0.3 is 0 Å². The van der Waals surface area contributed by atoms with Crippen molar-refractivity contribution in [3.63, 3.8) is 0 Å². The fourth-order valence-electron chi connectivity index (χ4n) is 4.62. The Morgan fingerprint density at radius 2 is 1.42 bits per heavy atom. The largest absolute Gasteiger partial charge is 0.392 e. The van der Waals surface area contributed by atoms with Crippen LogP contribution in [0.15, 0.2) is 77.7 Å². The minimum absolute atomic E-state index is 0.0265. The number of nitrogens with one attached hydrogen (secondary N) is 3. The number of carbonyl (C=O) groups is 3. The van der Waals surface area contributed by atoms with E-state index in [1.807, 2.05) is 60.7 Å². The molecule has 3 atom stereocenters. The van der Waals surface area contributed by atoms with E-state index in [0.29, 0.717) is 30.7 Å². The predicted octanol–water partition coefficient (Wildman–Crippen LogP) is 5.48. The summed E-state index contributed by atoms with van der Waals surface area (Å²) in [5.41, 5.74) is 5.62. The SMILES string of the molecule is CC(=O)Nc1ccc(SC[C@H]2C[C@@H](c3ccc(CO)cc3)O[C@@H](c3ccc(NC(=O)CCCCC(=O)NO)cc3)O2)cc1. The number of hydroxylamine groups is 1. The van der Waals surface area contributed by atoms with Crippen LogP contribution in [0.1, 0.15) is 68.1 Å². The van der Waals surface area contributed by atoms with Crippen LogP contribution in [0.3, 0.4) is 0 Å². The lowest BCUT2D eigenvalue weighted by Crippen LogP contribution is -2.31. The van der Waals surface area contributed by atoms with Crippen molar-refractivity contribution in [3.8, 4) is 0 Å². The summed E-state index contributed by atoms with van der Waals surface area (Å²) in [6.07, 6.45) is 1.16. The summed E-state index contributed by atoms with van der Waals surface area (Å²) < 4.78 is 12.8. The molecule has 1 fully saturated rings. The van der Waals surface area contributed by atoms with E-state index >= 15 is 0 Å². The van der Waals surface area contributed by atoms with Crippen LogP contribution < -0.4 is 16.1 Å². The van der Waals surface area contributed by atoms with Crippen LogP contribution in [-0.4, -0.2) is 39.9 Å². The summed E-state index contributed by atoms with van der Waals surface area (Å²) in [5, 5.41) is 23.6. The number of ether oxygens (including phenoxy) is 2. The highest BCUT2D eigenvalue weighted by Crippen LogP contribution is 2.39. The maximum Gasteiger partial charge on any atom is 0.243 e. The minimum Gasteiger partial charge on any atom is -0.392 e. The molecule has 1 aliphatic rings. The number of rotatable bonds is 13. The summed E-state index contributed by atoms with van der Waals surface area (Å²) in [4.78, 5) is 35.8. The van der Waals surface area contributed by atoms with E-state index in [2.05, 4.69) is 10.6 Å². The molecule has 43 heavy (non-hydrogen) atoms. The van der Waals surface area contributed by atoms with Gasteiger partial charge in [-0.1, -0.05) is 36.4 Å². The van der Waals surface area contributed by atoms with Crippen molar-refractivity contribution in [3.05, 3.63) is 89.5 Å². The van der Waals surface area contributed by atoms with E-state index in [4.69, 9.17) is 14.7 Å². The average Bonchev–Trinajstić information content (AvgIpc) is 3.02. The molecule has 0 saturated carbocycles. The molecule has 10 nitrogen and oxygen atoms in total. The zero-order valence-electron chi connectivity index (χ0n) is 24.0. The number of anilines is 2. The van der Waals surface area contributed by atoms with Crippen molar-refractivity contribution in [2.75, 3.05) is 16.4 Å². The molecule has 0 aliphatic carbocycles. The quantitative estimate of drug-likeness (QED) is 0.0743. The number of hydrogen-bond acceptors (Lipinski definition) is 8. The van der Waals surface area contributed by atoms with Gasteiger partial charge in [-0.2, -0.15) is 0 Å². The van der Waals surface area contributed by atoms with Gasteiger partial charge in [0.05, 0.1) is 18.8 Å². The van der Waals surface area contributed by atoms with Crippen LogP contribution in [0.4, 0.5) is 11.4 Å². The van der Waals surface area contributed by atoms with Crippen LogP contribution in [0.5, 0.6) is 0 Å². The number of unbranched alkanes of at least 4 members (excludes halogenated alkanes) is 1. The molecule has 1 aliphatic heterocycles. The molecule has 4 rings (SSSR count). The standard InChI is InChI=1S/C32H37N3O7S/c1-21(37)33-25-14-16-28(17-15-25)43-20-27-18-29(23-8-6-22(19-36)7-9-23)42-32(41-27)24-10-12-26(13-11-24)34-30(38)4-2-3-5-31(39)35-40/h6-17,27,29,32,36,40H,2-5,18-20H2,1H3,(H,33,37)(H,34,38)(H,35,39)/t27-,29+,32+/m1/s1. The Labute approximate surface area is 255 Å². The third-order valence-electron chi connectivity index (χ3n) is 6.87. The molecule has 0 radical (unpaired) electrons. The van der Waals surface area contributed by atoms with Gasteiger partial charge in [0.15, 0.2) is 6.29 Å². The molecule has 228 valence electrons. The fourth-order valence-corrected chi connectivity index (χ4v) is 5.55. The molecule has 1 saturated heterocycles. The first-order chi connectivity index (χ1) is 20.8. The zero-order chi connectivity index (χ0) is 30.6. The predicted molar refractivity (Wildman–Crippen MR) is 163 cm³/mol. The van der Waals surface area contributed by atoms with Gasteiger partial charge in [-0.05, 0) is 60.4 Å². The Morgan fingerprint density at radius 3 is 2.05 bits per heavy atom. The van der Waals surface area contributed by atoms with Crippen LogP contribution in [0.25, 0.3) is 0 Å². The Morgan fingerprint density at radius 1 is 0.814 bits per heavy atom. The smallest absolute Gasteiger partial charge is 0.243 e. The highest BCUT2D eigenvalue weighted by molar-refractivity contribution is 7.99. The number of benzene rings is 3. The van der Waals surface area contributed by atoms with Gasteiger partial charge in [0, 0.05) is 53.8 Å². The molecule has 11 heteroatoms. The van der Waals surface area contributed by atoms with Crippen molar-refractivity contribution in [1.29, 1.82) is 0 Å². The molecule has 3 aromatic rings. The van der Waals surface area contributed by atoms with E-state index < -0.39 is 12.2 Å². The average molecular weight is 608 g/mol. The molecule has 3 amide bonds. The number of amides is 3. The first-order valence-corrected chi connectivity index (χ1v) is 15.2. The second-order valence-corrected chi connectivity index (χ2v) is 11.4. The number of thioether (sulfide) groups is 1. The Balaban J connectivity index is 1.39. The monoisotopic (exact) mass is 607 g/mol. The van der Waals surface area contributed by atoms with Crippen molar-refractivity contribution in [2.45, 2.75) is 69.0 Å². The van der Waals surface area contributed by atoms with Gasteiger partial charge in [0.25, 0.3) is 0 Å². The fraction of sp³-hybridized carbons (Fsp3) is 0.344. The first-order valence-electron chi connectivity index (χ1n) is 14.2. The Kier molecular flexibility index (Phi) is 12.1. The van der Waals surface area contributed by atoms with E-state index in [0.717, 1.165) is 27.3 Å². The Hall–Kier alpha value is -3.74. The second kappa shape index (κ2) is 16.2. The van der Waals surface area contributed by atoms with Gasteiger partial charge in [-0.3, -0.25) is 19.6 Å². The molecule has 1 heterocycles. The third kappa shape index (κ3) is 10.2. The number of aliphatic hydroxyl groups excluding tert-OH is 1. The molecule has 3 aromatic carbocycles. The maximum atomic E-state index is 12.3. The topological polar surface area (TPSA) is 146 Å². The molecular weight excluding hydrogens is 570 g/mol. The molecule has 0 aromatic heterocycles. The third-order valence-corrected chi connectivity index (χ3v) is 8.02. The number of hydrogen-bond donors (Lipinski definition) is 5. The summed E-state index contributed by atoms with van der Waals surface area (Å²) >= 11 is 1.67. The summed E-state index contributed by atoms with van der Waals surface area (Å²) in [5.74, 6) is -0.0437. The van der Waals surface area contributed by atoms with Crippen LogP contribution in [0.2, 0.25) is 0 Å². The van der Waals surface area contributed by atoms with E-state index in [1.54, 1.807) is 29.4 Å². The normalized spacial score (nSPS) is 18.1. The maximum absolute atomic E-state index is 12.3. The van der Waals surface area contributed by atoms with Crippen LogP contribution in [-0.2, 0) is 30.5 Å². The highest BCUT2D eigenvalue weighted by Gasteiger charge is 2.32. The van der Waals surface area contributed by atoms with Crippen molar-refractivity contribution in [2.24, 2.45) is 0 Å². The van der Waals surface area contributed by atoms with E-state index in [-0.39, 0.29) is 43.5 Å². The van der Waals surface area contributed by atoms with Gasteiger partial charge in [0.2, 0.25) is 17.7 Å². The van der Waals surface area contributed by atoms with Crippen molar-refractivity contribution >= 4 is 40.9 Å².